The highest BCUT2D eigenvalue weighted by Crippen LogP contribution is 2.21. The van der Waals surface area contributed by atoms with Crippen molar-refractivity contribution < 1.29 is 4.74 Å². The maximum Gasteiger partial charge on any atom is 0.122 e. The van der Waals surface area contributed by atoms with E-state index in [9.17, 15) is 0 Å². The molecule has 0 aliphatic rings. The van der Waals surface area contributed by atoms with Gasteiger partial charge in [0.1, 0.15) is 5.75 Å². The van der Waals surface area contributed by atoms with Gasteiger partial charge >= 0.3 is 0 Å². The van der Waals surface area contributed by atoms with Gasteiger partial charge < -0.3 is 9.64 Å². The molecule has 0 fully saturated rings. The van der Waals surface area contributed by atoms with Crippen molar-refractivity contribution in [2.45, 2.75) is 39.5 Å². The lowest BCUT2D eigenvalue weighted by atomic mass is 10.0. The summed E-state index contributed by atoms with van der Waals surface area (Å²) in [4.78, 5) is 2.46. The molecule has 136 valence electrons. The van der Waals surface area contributed by atoms with E-state index in [1.54, 1.807) is 0 Å². The van der Waals surface area contributed by atoms with Crippen molar-refractivity contribution in [1.82, 2.24) is 4.90 Å². The van der Waals surface area contributed by atoms with Gasteiger partial charge in [0.05, 0.1) is 6.61 Å². The molecule has 0 aliphatic heterocycles. The Morgan fingerprint density at radius 1 is 0.880 bits per heavy atom. The first kappa shape index (κ1) is 19.8. The van der Waals surface area contributed by atoms with Gasteiger partial charge in [-0.2, -0.15) is 0 Å². The summed E-state index contributed by atoms with van der Waals surface area (Å²) in [7, 11) is 0. The number of hydrogen-bond acceptors (Lipinski definition) is 2. The number of ether oxygens (including phenoxy) is 1. The number of nitrogens with zero attached hydrogens (tertiary/aromatic N) is 1. The van der Waals surface area contributed by atoms with Crippen LogP contribution >= 0.6 is 11.6 Å². The Balaban J connectivity index is 1.78. The monoisotopic (exact) mass is 359 g/mol. The Hall–Kier alpha value is -1.51. The van der Waals surface area contributed by atoms with E-state index in [0.717, 1.165) is 56.3 Å². The minimum atomic E-state index is 0.789. The van der Waals surface area contributed by atoms with E-state index in [4.69, 9.17) is 16.3 Å². The molecular formula is C22H30ClNO. The van der Waals surface area contributed by atoms with Crippen molar-refractivity contribution in [2.75, 3.05) is 26.2 Å². The molecule has 0 saturated carbocycles. The van der Waals surface area contributed by atoms with Crippen LogP contribution in [0, 0.1) is 0 Å². The van der Waals surface area contributed by atoms with Gasteiger partial charge in [-0.3, -0.25) is 0 Å². The van der Waals surface area contributed by atoms with Crippen LogP contribution in [-0.2, 0) is 12.8 Å². The van der Waals surface area contributed by atoms with Gasteiger partial charge in [-0.05, 0) is 74.6 Å². The summed E-state index contributed by atoms with van der Waals surface area (Å²) in [6.45, 7) is 8.65. The van der Waals surface area contributed by atoms with Crippen LogP contribution in [0.1, 0.15) is 37.8 Å². The van der Waals surface area contributed by atoms with Gasteiger partial charge in [0.2, 0.25) is 0 Å². The molecule has 0 heterocycles. The van der Waals surface area contributed by atoms with Crippen LogP contribution in [0.25, 0.3) is 0 Å². The highest BCUT2D eigenvalue weighted by atomic mass is 35.5. The Kier molecular flexibility index (Phi) is 8.85. The predicted octanol–water partition coefficient (Wildman–Crippen LogP) is 5.63. The zero-order chi connectivity index (χ0) is 17.9. The third-order valence-corrected chi connectivity index (χ3v) is 4.84. The third kappa shape index (κ3) is 7.09. The van der Waals surface area contributed by atoms with Crippen molar-refractivity contribution >= 4 is 11.6 Å². The maximum absolute atomic E-state index is 6.05. The van der Waals surface area contributed by atoms with Gasteiger partial charge in [-0.25, -0.2) is 0 Å². The molecule has 0 aliphatic carbocycles. The summed E-state index contributed by atoms with van der Waals surface area (Å²) in [5.41, 5.74) is 2.58. The summed E-state index contributed by atoms with van der Waals surface area (Å²) in [5.74, 6) is 1.03. The van der Waals surface area contributed by atoms with Gasteiger partial charge in [0.25, 0.3) is 0 Å². The Bertz CT molecular complexity index is 608. The SMILES string of the molecule is CCN(CC)CCCCOc1ccccc1CCc1ccc(Cl)cc1. The van der Waals surface area contributed by atoms with Gasteiger partial charge in [0.15, 0.2) is 0 Å². The molecule has 0 amide bonds. The van der Waals surface area contributed by atoms with Crippen molar-refractivity contribution in [3.8, 4) is 5.75 Å². The molecule has 2 nitrogen and oxygen atoms in total. The largest absolute Gasteiger partial charge is 0.493 e. The predicted molar refractivity (Wildman–Crippen MR) is 108 cm³/mol. The van der Waals surface area contributed by atoms with Crippen LogP contribution in [0.4, 0.5) is 0 Å². The number of halogens is 1. The van der Waals surface area contributed by atoms with E-state index in [1.807, 2.05) is 12.1 Å². The minimum Gasteiger partial charge on any atom is -0.493 e. The van der Waals surface area contributed by atoms with Gasteiger partial charge in [-0.1, -0.05) is 55.8 Å². The lowest BCUT2D eigenvalue weighted by Gasteiger charge is -2.17. The zero-order valence-corrected chi connectivity index (χ0v) is 16.3. The van der Waals surface area contributed by atoms with E-state index in [2.05, 4.69) is 55.1 Å². The zero-order valence-electron chi connectivity index (χ0n) is 15.5. The molecule has 0 bridgehead atoms. The Morgan fingerprint density at radius 3 is 2.32 bits per heavy atom. The molecule has 0 atom stereocenters. The maximum atomic E-state index is 6.05. The molecule has 25 heavy (non-hydrogen) atoms. The molecule has 0 saturated heterocycles. The van der Waals surface area contributed by atoms with Crippen molar-refractivity contribution in [2.24, 2.45) is 0 Å². The number of benzene rings is 2. The molecule has 0 radical (unpaired) electrons. The third-order valence-electron chi connectivity index (χ3n) is 4.59. The van der Waals surface area contributed by atoms with Crippen LogP contribution in [0.2, 0.25) is 5.02 Å². The average Bonchev–Trinajstić information content (AvgIpc) is 2.65. The molecule has 3 heteroatoms. The second kappa shape index (κ2) is 11.2. The molecule has 0 N–H and O–H groups in total. The summed E-state index contributed by atoms with van der Waals surface area (Å²) < 4.78 is 6.05. The first-order valence-corrected chi connectivity index (χ1v) is 9.78. The number of para-hydroxylation sites is 1. The standard InChI is InChI=1S/C22H30ClNO/c1-3-24(4-2)17-7-8-18-25-22-10-6-5-9-20(22)14-11-19-12-15-21(23)16-13-19/h5-6,9-10,12-13,15-16H,3-4,7-8,11,14,17-18H2,1-2H3. The van der Waals surface area contributed by atoms with E-state index in [1.165, 1.54) is 17.5 Å². The van der Waals surface area contributed by atoms with Crippen LogP contribution in [0.3, 0.4) is 0 Å². The van der Waals surface area contributed by atoms with E-state index in [-0.39, 0.29) is 0 Å². The number of hydrogen-bond donors (Lipinski definition) is 0. The van der Waals surface area contributed by atoms with E-state index in [0.29, 0.717) is 0 Å². The van der Waals surface area contributed by atoms with E-state index >= 15 is 0 Å². The normalized spacial score (nSPS) is 11.0. The quantitative estimate of drug-likeness (QED) is 0.482. The van der Waals surface area contributed by atoms with Crippen LogP contribution in [-0.4, -0.2) is 31.1 Å². The fraction of sp³-hybridized carbons (Fsp3) is 0.455. The van der Waals surface area contributed by atoms with Gasteiger partial charge in [0, 0.05) is 5.02 Å². The fourth-order valence-corrected chi connectivity index (χ4v) is 3.07. The first-order valence-electron chi connectivity index (χ1n) is 9.40. The minimum absolute atomic E-state index is 0.789. The second-order valence-electron chi connectivity index (χ2n) is 6.32. The van der Waals surface area contributed by atoms with Crippen molar-refractivity contribution in [3.05, 3.63) is 64.7 Å². The average molecular weight is 360 g/mol. The topological polar surface area (TPSA) is 12.5 Å². The molecular weight excluding hydrogens is 330 g/mol. The summed E-state index contributed by atoms with van der Waals surface area (Å²) in [5, 5.41) is 0.789. The molecule has 0 aromatic heterocycles. The number of unbranched alkanes of at least 4 members (excludes halogenated alkanes) is 1. The second-order valence-corrected chi connectivity index (χ2v) is 6.75. The van der Waals surface area contributed by atoms with Crippen molar-refractivity contribution in [3.63, 3.8) is 0 Å². The molecule has 2 rings (SSSR count). The Morgan fingerprint density at radius 2 is 1.60 bits per heavy atom. The molecule has 2 aromatic carbocycles. The van der Waals surface area contributed by atoms with Crippen LogP contribution in [0.5, 0.6) is 5.75 Å². The summed E-state index contributed by atoms with van der Waals surface area (Å²) in [6, 6.07) is 16.5. The van der Waals surface area contributed by atoms with Crippen LogP contribution in [0.15, 0.2) is 48.5 Å². The Labute approximate surface area is 157 Å². The molecule has 2 aromatic rings. The number of aryl methyl sites for hydroxylation is 2. The number of rotatable bonds is 11. The fourth-order valence-electron chi connectivity index (χ4n) is 2.94. The van der Waals surface area contributed by atoms with Crippen LogP contribution < -0.4 is 4.74 Å². The first-order chi connectivity index (χ1) is 12.2. The highest BCUT2D eigenvalue weighted by molar-refractivity contribution is 6.30. The summed E-state index contributed by atoms with van der Waals surface area (Å²) >= 11 is 5.95. The van der Waals surface area contributed by atoms with Gasteiger partial charge in [-0.15, -0.1) is 0 Å². The van der Waals surface area contributed by atoms with Crippen molar-refractivity contribution in [1.29, 1.82) is 0 Å². The summed E-state index contributed by atoms with van der Waals surface area (Å²) in [6.07, 6.45) is 4.27. The lowest BCUT2D eigenvalue weighted by molar-refractivity contribution is 0.265. The molecule has 0 unspecified atom stereocenters. The smallest absolute Gasteiger partial charge is 0.122 e. The lowest BCUT2D eigenvalue weighted by Crippen LogP contribution is -2.24. The molecule has 0 spiro atoms. The van der Waals surface area contributed by atoms with E-state index < -0.39 is 0 Å². The highest BCUT2D eigenvalue weighted by Gasteiger charge is 2.04.